The van der Waals surface area contributed by atoms with E-state index in [1.54, 1.807) is 6.20 Å². The van der Waals surface area contributed by atoms with Gasteiger partial charge in [0.1, 0.15) is 11.9 Å². The first kappa shape index (κ1) is 21.3. The monoisotopic (exact) mass is 417 g/mol. The van der Waals surface area contributed by atoms with Crippen molar-refractivity contribution in [2.24, 2.45) is 0 Å². The highest BCUT2D eigenvalue weighted by Crippen LogP contribution is 2.29. The topological polar surface area (TPSA) is 60.6 Å². The van der Waals surface area contributed by atoms with Gasteiger partial charge in [0.05, 0.1) is 18.4 Å². The second-order valence-electron chi connectivity index (χ2n) is 7.99. The number of para-hydroxylation sites is 2. The molecule has 1 saturated heterocycles. The van der Waals surface area contributed by atoms with Crippen LogP contribution in [0.1, 0.15) is 36.5 Å². The lowest BCUT2D eigenvalue weighted by Crippen LogP contribution is -2.38. The molecular formula is C26H31N3O2. The minimum atomic E-state index is -0.0730. The molecule has 2 aromatic carbocycles. The third kappa shape index (κ3) is 6.06. The van der Waals surface area contributed by atoms with E-state index in [2.05, 4.69) is 40.2 Å². The number of nitrogen functional groups attached to an aromatic ring is 1. The van der Waals surface area contributed by atoms with E-state index in [1.807, 2.05) is 42.6 Å². The van der Waals surface area contributed by atoms with Crippen LogP contribution < -0.4 is 10.5 Å². The van der Waals surface area contributed by atoms with Gasteiger partial charge < -0.3 is 20.1 Å². The second kappa shape index (κ2) is 10.9. The van der Waals surface area contributed by atoms with Gasteiger partial charge in [0, 0.05) is 37.6 Å². The lowest BCUT2D eigenvalue weighted by Gasteiger charge is -2.34. The van der Waals surface area contributed by atoms with Gasteiger partial charge in [-0.05, 0) is 43.0 Å². The summed E-state index contributed by atoms with van der Waals surface area (Å²) in [4.78, 5) is 6.80. The van der Waals surface area contributed by atoms with Crippen LogP contribution in [-0.2, 0) is 4.74 Å². The van der Waals surface area contributed by atoms with Crippen LogP contribution in [0.4, 0.5) is 5.69 Å². The Morgan fingerprint density at radius 3 is 2.42 bits per heavy atom. The normalized spacial score (nSPS) is 16.1. The van der Waals surface area contributed by atoms with Crippen LogP contribution in [0.3, 0.4) is 0 Å². The molecule has 0 spiro atoms. The van der Waals surface area contributed by atoms with E-state index in [4.69, 9.17) is 15.2 Å². The van der Waals surface area contributed by atoms with E-state index in [9.17, 15) is 0 Å². The van der Waals surface area contributed by atoms with E-state index in [0.29, 0.717) is 12.3 Å². The molecule has 0 bridgehead atoms. The van der Waals surface area contributed by atoms with Gasteiger partial charge in [-0.2, -0.15) is 0 Å². The molecule has 2 N–H and O–H groups in total. The maximum absolute atomic E-state index is 6.60. The van der Waals surface area contributed by atoms with Crippen LogP contribution in [0.2, 0.25) is 0 Å². The summed E-state index contributed by atoms with van der Waals surface area (Å²) in [7, 11) is 0. The predicted octanol–water partition coefficient (Wildman–Crippen LogP) is 4.70. The Kier molecular flexibility index (Phi) is 7.53. The number of hydrogen-bond donors (Lipinski definition) is 1. The first-order valence-electron chi connectivity index (χ1n) is 11.1. The first-order chi connectivity index (χ1) is 15.3. The van der Waals surface area contributed by atoms with Crippen LogP contribution in [0.15, 0.2) is 79.1 Å². The van der Waals surface area contributed by atoms with Crippen LogP contribution in [0.25, 0.3) is 0 Å². The lowest BCUT2D eigenvalue weighted by atomic mass is 10.0. The number of pyridine rings is 1. The summed E-state index contributed by atoms with van der Waals surface area (Å²) in [6, 6.07) is 22.2. The number of benzene rings is 2. The molecule has 1 aromatic heterocycles. The smallest absolute Gasteiger partial charge is 0.142 e. The molecule has 5 nitrogen and oxygen atoms in total. The lowest BCUT2D eigenvalue weighted by molar-refractivity contribution is -0.0274. The van der Waals surface area contributed by atoms with Gasteiger partial charge in [0.2, 0.25) is 0 Å². The minimum Gasteiger partial charge on any atom is -0.491 e. The average molecular weight is 418 g/mol. The number of aromatic nitrogens is 1. The molecule has 0 amide bonds. The van der Waals surface area contributed by atoms with Crippen LogP contribution in [-0.4, -0.2) is 42.2 Å². The molecule has 1 fully saturated rings. The Balaban J connectivity index is 1.24. The number of anilines is 1. The van der Waals surface area contributed by atoms with Crippen molar-refractivity contribution in [2.45, 2.75) is 31.5 Å². The molecule has 3 aromatic rings. The SMILES string of the molecule is Nc1ccccc1OCCCN1CCC(OC(c2ccccc2)c2cccnc2)CC1. The Morgan fingerprint density at radius 2 is 1.68 bits per heavy atom. The summed E-state index contributed by atoms with van der Waals surface area (Å²) in [6.07, 6.45) is 6.96. The number of likely N-dealkylation sites (tertiary alicyclic amines) is 1. The average Bonchev–Trinajstić information content (AvgIpc) is 2.83. The summed E-state index contributed by atoms with van der Waals surface area (Å²) in [5, 5.41) is 0. The van der Waals surface area contributed by atoms with Gasteiger partial charge >= 0.3 is 0 Å². The largest absolute Gasteiger partial charge is 0.491 e. The zero-order valence-corrected chi connectivity index (χ0v) is 17.9. The number of hydrogen-bond acceptors (Lipinski definition) is 5. The molecule has 4 rings (SSSR count). The quantitative estimate of drug-likeness (QED) is 0.404. The van der Waals surface area contributed by atoms with E-state index >= 15 is 0 Å². The molecule has 0 radical (unpaired) electrons. The fourth-order valence-corrected chi connectivity index (χ4v) is 4.05. The fourth-order valence-electron chi connectivity index (χ4n) is 4.05. The summed E-state index contributed by atoms with van der Waals surface area (Å²) < 4.78 is 12.4. The molecule has 162 valence electrons. The Bertz CT molecular complexity index is 873. The Hall–Kier alpha value is -2.89. The molecule has 31 heavy (non-hydrogen) atoms. The first-order valence-corrected chi connectivity index (χ1v) is 11.1. The molecule has 1 aliphatic rings. The molecule has 0 saturated carbocycles. The van der Waals surface area contributed by atoms with Crippen molar-refractivity contribution in [3.8, 4) is 5.75 Å². The van der Waals surface area contributed by atoms with Crippen molar-refractivity contribution in [1.29, 1.82) is 0 Å². The van der Waals surface area contributed by atoms with Crippen LogP contribution in [0.5, 0.6) is 5.75 Å². The highest BCUT2D eigenvalue weighted by Gasteiger charge is 2.24. The van der Waals surface area contributed by atoms with Gasteiger partial charge in [-0.1, -0.05) is 48.5 Å². The zero-order chi connectivity index (χ0) is 21.3. The fraction of sp³-hybridized carbons (Fsp3) is 0.346. The zero-order valence-electron chi connectivity index (χ0n) is 17.9. The number of nitrogens with zero attached hydrogens (tertiary/aromatic N) is 2. The number of nitrogens with two attached hydrogens (primary N) is 1. The third-order valence-corrected chi connectivity index (χ3v) is 5.75. The predicted molar refractivity (Wildman–Crippen MR) is 124 cm³/mol. The van der Waals surface area contributed by atoms with Gasteiger partial charge in [0.25, 0.3) is 0 Å². The van der Waals surface area contributed by atoms with Gasteiger partial charge in [-0.25, -0.2) is 0 Å². The maximum Gasteiger partial charge on any atom is 0.142 e. The molecule has 5 heteroatoms. The number of rotatable bonds is 9. The summed E-state index contributed by atoms with van der Waals surface area (Å²) >= 11 is 0. The molecule has 1 atom stereocenters. The van der Waals surface area contributed by atoms with Crippen molar-refractivity contribution in [1.82, 2.24) is 9.88 Å². The number of piperidine rings is 1. The highest BCUT2D eigenvalue weighted by molar-refractivity contribution is 5.51. The summed E-state index contributed by atoms with van der Waals surface area (Å²) in [6.45, 7) is 3.81. The van der Waals surface area contributed by atoms with Crippen molar-refractivity contribution >= 4 is 5.69 Å². The summed E-state index contributed by atoms with van der Waals surface area (Å²) in [5.41, 5.74) is 8.91. The Labute approximate surface area is 184 Å². The van der Waals surface area contributed by atoms with Gasteiger partial charge in [0.15, 0.2) is 0 Å². The minimum absolute atomic E-state index is 0.0730. The van der Waals surface area contributed by atoms with E-state index in [0.717, 1.165) is 50.2 Å². The van der Waals surface area contributed by atoms with Crippen LogP contribution >= 0.6 is 0 Å². The van der Waals surface area contributed by atoms with E-state index in [-0.39, 0.29) is 12.2 Å². The standard InChI is InChI=1S/C26H31N3O2/c27-24-11-4-5-12-25(24)30-19-7-16-29-17-13-23(14-18-29)31-26(21-8-2-1-3-9-21)22-10-6-15-28-20-22/h1-6,8-12,15,20,23,26H,7,13-14,16-19,27H2. The van der Waals surface area contributed by atoms with Gasteiger partial charge in [-0.15, -0.1) is 0 Å². The summed E-state index contributed by atoms with van der Waals surface area (Å²) in [5.74, 6) is 0.775. The van der Waals surface area contributed by atoms with Crippen LogP contribution in [0, 0.1) is 0 Å². The molecule has 1 aliphatic heterocycles. The molecule has 0 aliphatic carbocycles. The molecular weight excluding hydrogens is 386 g/mol. The van der Waals surface area contributed by atoms with Gasteiger partial charge in [-0.3, -0.25) is 4.98 Å². The van der Waals surface area contributed by atoms with E-state index < -0.39 is 0 Å². The molecule has 1 unspecified atom stereocenters. The number of ether oxygens (including phenoxy) is 2. The van der Waals surface area contributed by atoms with E-state index in [1.165, 1.54) is 5.56 Å². The van der Waals surface area contributed by atoms with Crippen molar-refractivity contribution in [2.75, 3.05) is 32.0 Å². The third-order valence-electron chi connectivity index (χ3n) is 5.75. The second-order valence-corrected chi connectivity index (χ2v) is 7.99. The molecule has 2 heterocycles. The van der Waals surface area contributed by atoms with Crippen molar-refractivity contribution < 1.29 is 9.47 Å². The van der Waals surface area contributed by atoms with Crippen molar-refractivity contribution in [3.63, 3.8) is 0 Å². The van der Waals surface area contributed by atoms with Crippen molar-refractivity contribution in [3.05, 3.63) is 90.3 Å². The maximum atomic E-state index is 6.60. The highest BCUT2D eigenvalue weighted by atomic mass is 16.5. The Morgan fingerprint density at radius 1 is 0.935 bits per heavy atom.